The van der Waals surface area contributed by atoms with E-state index in [1.54, 1.807) is 20.8 Å². The van der Waals surface area contributed by atoms with Crippen LogP contribution >= 0.6 is 0 Å². The number of halogens is 1. The smallest absolute Gasteiger partial charge is 0.268 e. The summed E-state index contributed by atoms with van der Waals surface area (Å²) >= 11 is 0. The van der Waals surface area contributed by atoms with E-state index in [0.717, 1.165) is 27.2 Å². The Morgan fingerprint density at radius 3 is 1.82 bits per heavy atom. The second kappa shape index (κ2) is 7.82. The van der Waals surface area contributed by atoms with E-state index in [4.69, 9.17) is 0 Å². The zero-order valence-electron chi connectivity index (χ0n) is 18.6. The third kappa shape index (κ3) is 3.18. The Labute approximate surface area is 192 Å². The van der Waals surface area contributed by atoms with Gasteiger partial charge < -0.3 is 0 Å². The van der Waals surface area contributed by atoms with Gasteiger partial charge in [-0.15, -0.1) is 0 Å². The predicted molar refractivity (Wildman–Crippen MR) is 129 cm³/mol. The lowest BCUT2D eigenvalue weighted by molar-refractivity contribution is 0.0925. The molecule has 0 radical (unpaired) electrons. The first kappa shape index (κ1) is 20.8. The predicted octanol–water partition coefficient (Wildman–Crippen LogP) is 6.89. The maximum atomic E-state index is 15.2. The van der Waals surface area contributed by atoms with Gasteiger partial charge >= 0.3 is 0 Å². The van der Waals surface area contributed by atoms with Crippen molar-refractivity contribution in [3.63, 3.8) is 0 Å². The summed E-state index contributed by atoms with van der Waals surface area (Å²) in [6, 6.07) is 25.1. The molecule has 4 heteroatoms. The minimum atomic E-state index is -0.624. The van der Waals surface area contributed by atoms with Gasteiger partial charge in [0, 0.05) is 5.56 Å². The van der Waals surface area contributed by atoms with Crippen LogP contribution in [-0.4, -0.2) is 11.8 Å². The van der Waals surface area contributed by atoms with Gasteiger partial charge in [-0.05, 0) is 60.2 Å². The van der Waals surface area contributed by atoms with Crippen LogP contribution in [0.2, 0.25) is 0 Å². The highest BCUT2D eigenvalue weighted by atomic mass is 19.1. The molecule has 33 heavy (non-hydrogen) atoms. The molecular formula is C29H22FNO2. The number of hydrogen-bond donors (Lipinski definition) is 0. The molecule has 0 spiro atoms. The maximum Gasteiger partial charge on any atom is 0.269 e. The molecule has 1 aliphatic rings. The average Bonchev–Trinajstić information content (AvgIpc) is 3.12. The number of rotatable bonds is 3. The number of carbonyl (C=O) groups is 2. The van der Waals surface area contributed by atoms with Gasteiger partial charge in [0.1, 0.15) is 5.82 Å². The summed E-state index contributed by atoms with van der Waals surface area (Å²) in [5, 5.41) is 0. The summed E-state index contributed by atoms with van der Waals surface area (Å²) in [5.41, 5.74) is 5.63. The minimum Gasteiger partial charge on any atom is -0.268 e. The van der Waals surface area contributed by atoms with Crippen molar-refractivity contribution >= 4 is 17.5 Å². The third-order valence-electron chi connectivity index (χ3n) is 6.56. The second-order valence-electron chi connectivity index (χ2n) is 8.35. The number of anilines is 1. The van der Waals surface area contributed by atoms with E-state index in [2.05, 4.69) is 0 Å². The van der Waals surface area contributed by atoms with Crippen LogP contribution in [0, 0.1) is 26.6 Å². The van der Waals surface area contributed by atoms with Gasteiger partial charge in [0.05, 0.1) is 16.8 Å². The van der Waals surface area contributed by atoms with Gasteiger partial charge in [0.15, 0.2) is 0 Å². The van der Waals surface area contributed by atoms with Crippen LogP contribution in [0.15, 0.2) is 78.9 Å². The van der Waals surface area contributed by atoms with Gasteiger partial charge in [-0.1, -0.05) is 72.8 Å². The van der Waals surface area contributed by atoms with Crippen molar-refractivity contribution in [3.8, 4) is 22.3 Å². The molecule has 0 bridgehead atoms. The normalized spacial score (nSPS) is 12.9. The molecule has 0 atom stereocenters. The molecule has 4 aromatic rings. The van der Waals surface area contributed by atoms with Crippen molar-refractivity contribution in [2.45, 2.75) is 20.8 Å². The average molecular weight is 435 g/mol. The molecule has 0 aromatic heterocycles. The molecule has 0 N–H and O–H groups in total. The van der Waals surface area contributed by atoms with Crippen molar-refractivity contribution in [2.75, 3.05) is 4.90 Å². The van der Waals surface area contributed by atoms with E-state index >= 15 is 4.39 Å². The Hall–Kier alpha value is -4.05. The third-order valence-corrected chi connectivity index (χ3v) is 6.56. The molecular weight excluding hydrogens is 413 g/mol. The lowest BCUT2D eigenvalue weighted by Crippen LogP contribution is -2.30. The standard InChI is InChI=1S/C29H22FNO2/c1-17-18(2)25-26(27(30)19(17)3)29(33)31(28(25)32)24-16-22(20-10-6-4-7-11-20)14-15-23(24)21-12-8-5-9-13-21/h4-16H,1-3H3. The van der Waals surface area contributed by atoms with Crippen molar-refractivity contribution in [1.29, 1.82) is 0 Å². The van der Waals surface area contributed by atoms with Crippen LogP contribution in [-0.2, 0) is 0 Å². The molecule has 0 saturated heterocycles. The van der Waals surface area contributed by atoms with E-state index in [1.807, 2.05) is 78.9 Å². The Balaban J connectivity index is 1.76. The van der Waals surface area contributed by atoms with Crippen LogP contribution in [0.5, 0.6) is 0 Å². The molecule has 162 valence electrons. The van der Waals surface area contributed by atoms with Crippen LogP contribution in [0.4, 0.5) is 10.1 Å². The van der Waals surface area contributed by atoms with Gasteiger partial charge in [-0.25, -0.2) is 9.29 Å². The summed E-state index contributed by atoms with van der Waals surface area (Å²) in [4.78, 5) is 28.3. The lowest BCUT2D eigenvalue weighted by atomic mass is 9.94. The Morgan fingerprint density at radius 2 is 1.18 bits per heavy atom. The first-order chi connectivity index (χ1) is 15.9. The molecule has 5 rings (SSSR count). The van der Waals surface area contributed by atoms with Crippen LogP contribution < -0.4 is 4.90 Å². The van der Waals surface area contributed by atoms with E-state index in [1.165, 1.54) is 0 Å². The first-order valence-corrected chi connectivity index (χ1v) is 10.8. The van der Waals surface area contributed by atoms with E-state index in [0.29, 0.717) is 22.4 Å². The summed E-state index contributed by atoms with van der Waals surface area (Å²) in [5.74, 6) is -1.73. The number of amides is 2. The molecule has 1 heterocycles. The largest absolute Gasteiger partial charge is 0.269 e. The number of hydrogen-bond acceptors (Lipinski definition) is 2. The van der Waals surface area contributed by atoms with Gasteiger partial charge in [0.25, 0.3) is 11.8 Å². The SMILES string of the molecule is Cc1c(C)c(F)c2c(c1C)C(=O)N(c1cc(-c3ccccc3)ccc1-c1ccccc1)C2=O. The Morgan fingerprint density at radius 1 is 0.606 bits per heavy atom. The highest BCUT2D eigenvalue weighted by molar-refractivity contribution is 6.36. The van der Waals surface area contributed by atoms with Gasteiger partial charge in [-0.3, -0.25) is 9.59 Å². The van der Waals surface area contributed by atoms with Crippen LogP contribution in [0.3, 0.4) is 0 Å². The number of nitrogens with zero attached hydrogens (tertiary/aromatic N) is 1. The summed E-state index contributed by atoms with van der Waals surface area (Å²) in [7, 11) is 0. The number of fused-ring (bicyclic) bond motifs is 1. The molecule has 0 fully saturated rings. The fourth-order valence-electron chi connectivity index (χ4n) is 4.51. The maximum absolute atomic E-state index is 15.2. The molecule has 4 aromatic carbocycles. The fourth-order valence-corrected chi connectivity index (χ4v) is 4.51. The van der Waals surface area contributed by atoms with Crippen LogP contribution in [0.25, 0.3) is 22.3 Å². The second-order valence-corrected chi connectivity index (χ2v) is 8.35. The minimum absolute atomic E-state index is 0.135. The van der Waals surface area contributed by atoms with Crippen molar-refractivity contribution in [1.82, 2.24) is 0 Å². The molecule has 2 amide bonds. The van der Waals surface area contributed by atoms with E-state index < -0.39 is 17.6 Å². The van der Waals surface area contributed by atoms with Gasteiger partial charge in [-0.2, -0.15) is 0 Å². The summed E-state index contributed by atoms with van der Waals surface area (Å²) < 4.78 is 15.2. The van der Waals surface area contributed by atoms with Gasteiger partial charge in [0.2, 0.25) is 0 Å². The zero-order chi connectivity index (χ0) is 23.3. The van der Waals surface area contributed by atoms with Crippen molar-refractivity contribution < 1.29 is 14.0 Å². The highest BCUT2D eigenvalue weighted by Crippen LogP contribution is 2.41. The van der Waals surface area contributed by atoms with Crippen molar-refractivity contribution in [3.05, 3.63) is 112 Å². The quantitative estimate of drug-likeness (QED) is 0.329. The summed E-state index contributed by atoms with van der Waals surface area (Å²) in [6.07, 6.45) is 0. The molecule has 1 aliphatic heterocycles. The summed E-state index contributed by atoms with van der Waals surface area (Å²) in [6.45, 7) is 5.19. The van der Waals surface area contributed by atoms with E-state index in [9.17, 15) is 9.59 Å². The first-order valence-electron chi connectivity index (χ1n) is 10.8. The number of carbonyl (C=O) groups excluding carboxylic acids is 2. The Kier molecular flexibility index (Phi) is 4.94. The zero-order valence-corrected chi connectivity index (χ0v) is 18.6. The van der Waals surface area contributed by atoms with Crippen molar-refractivity contribution in [2.24, 2.45) is 0 Å². The fraction of sp³-hybridized carbons (Fsp3) is 0.103. The Bertz CT molecular complexity index is 1380. The topological polar surface area (TPSA) is 37.4 Å². The molecule has 0 saturated carbocycles. The number of benzene rings is 4. The monoisotopic (exact) mass is 435 g/mol. The van der Waals surface area contributed by atoms with E-state index in [-0.39, 0.29) is 11.1 Å². The molecule has 0 aliphatic carbocycles. The number of imide groups is 1. The molecule has 3 nitrogen and oxygen atoms in total. The molecule has 0 unspecified atom stereocenters. The van der Waals surface area contributed by atoms with Crippen LogP contribution in [0.1, 0.15) is 37.4 Å². The lowest BCUT2D eigenvalue weighted by Gasteiger charge is -2.20. The highest BCUT2D eigenvalue weighted by Gasteiger charge is 2.42.